The molecule has 0 bridgehead atoms. The highest BCUT2D eigenvalue weighted by Gasteiger charge is 2.52. The Labute approximate surface area is 309 Å². The van der Waals surface area contributed by atoms with Gasteiger partial charge in [0, 0.05) is 70.4 Å². The summed E-state index contributed by atoms with van der Waals surface area (Å²) in [5.41, 5.74) is -3.13. The first-order chi connectivity index (χ1) is 25.2. The van der Waals surface area contributed by atoms with Crippen molar-refractivity contribution in [2.45, 2.75) is 75.6 Å². The fraction of sp³-hybridized carbons (Fsp3) is 0.600. The number of amides is 2. The summed E-state index contributed by atoms with van der Waals surface area (Å²) in [5, 5.41) is 20.2. The number of aliphatic hydroxyl groups excluding tert-OH is 1. The summed E-state index contributed by atoms with van der Waals surface area (Å²) >= 11 is 0. The van der Waals surface area contributed by atoms with E-state index in [0.29, 0.717) is 50.5 Å². The first kappa shape index (κ1) is 39.9. The topological polar surface area (TPSA) is 139 Å². The van der Waals surface area contributed by atoms with E-state index in [1.165, 1.54) is 16.4 Å². The van der Waals surface area contributed by atoms with Crippen molar-refractivity contribution in [2.24, 2.45) is 11.0 Å². The molecule has 296 valence electrons. The summed E-state index contributed by atoms with van der Waals surface area (Å²) in [6.07, 6.45) is -5.32. The fourth-order valence-electron chi connectivity index (χ4n) is 8.00. The number of aliphatic hydroxyl groups is 1. The minimum absolute atomic E-state index is 0.00247. The van der Waals surface area contributed by atoms with Crippen LogP contribution in [-0.2, 0) is 33.7 Å². The van der Waals surface area contributed by atoms with Crippen LogP contribution in [0.4, 0.5) is 26.3 Å². The number of halogens is 6. The third-order valence-corrected chi connectivity index (χ3v) is 12.3. The number of benzene rings is 1. The summed E-state index contributed by atoms with van der Waals surface area (Å²) in [6, 6.07) is 4.97. The molecule has 2 amide bonds. The van der Waals surface area contributed by atoms with Gasteiger partial charge in [-0.3, -0.25) is 19.6 Å². The van der Waals surface area contributed by atoms with Crippen LogP contribution < -0.4 is 5.32 Å². The van der Waals surface area contributed by atoms with E-state index in [9.17, 15) is 49.5 Å². The van der Waals surface area contributed by atoms with Gasteiger partial charge in [-0.2, -0.15) is 31.4 Å². The van der Waals surface area contributed by atoms with Gasteiger partial charge in [0.05, 0.1) is 41.3 Å². The molecular weight excluding hydrogens is 744 g/mol. The third kappa shape index (κ3) is 8.53. The zero-order valence-corrected chi connectivity index (χ0v) is 30.6. The summed E-state index contributed by atoms with van der Waals surface area (Å²) in [6.45, 7) is 3.99. The van der Waals surface area contributed by atoms with Crippen molar-refractivity contribution in [3.8, 4) is 0 Å². The van der Waals surface area contributed by atoms with Crippen LogP contribution in [0.2, 0.25) is 0 Å². The average molecular weight is 788 g/mol. The van der Waals surface area contributed by atoms with Crippen molar-refractivity contribution >= 4 is 27.5 Å². The van der Waals surface area contributed by atoms with Crippen LogP contribution in [0.1, 0.15) is 71.8 Å². The number of alkyl halides is 6. The van der Waals surface area contributed by atoms with E-state index in [1.807, 2.05) is 11.8 Å². The molecule has 1 aromatic carbocycles. The van der Waals surface area contributed by atoms with E-state index in [2.05, 4.69) is 15.2 Å². The number of sulfonamides is 1. The van der Waals surface area contributed by atoms with Crippen molar-refractivity contribution in [1.29, 1.82) is 0 Å². The molecule has 3 unspecified atom stereocenters. The number of fused-ring (bicyclic) bond motifs is 1. The van der Waals surface area contributed by atoms with Gasteiger partial charge in [0.15, 0.2) is 0 Å². The number of nitrogens with one attached hydrogen (secondary N) is 1. The maximum Gasteiger partial charge on any atom is 0.433 e. The summed E-state index contributed by atoms with van der Waals surface area (Å²) in [7, 11) is -3.65. The second-order valence-corrected chi connectivity index (χ2v) is 16.7. The van der Waals surface area contributed by atoms with Gasteiger partial charge >= 0.3 is 12.4 Å². The molecule has 1 aromatic heterocycles. The highest BCUT2D eigenvalue weighted by atomic mass is 32.2. The van der Waals surface area contributed by atoms with E-state index >= 15 is 0 Å². The summed E-state index contributed by atoms with van der Waals surface area (Å²) in [4.78, 5) is 32.3. The van der Waals surface area contributed by atoms with Gasteiger partial charge in [0.25, 0.3) is 5.91 Å². The summed E-state index contributed by atoms with van der Waals surface area (Å²) in [5.74, 6) is -1.36. The quantitative estimate of drug-likeness (QED) is 0.349. The number of aromatic nitrogens is 1. The lowest BCUT2D eigenvalue weighted by atomic mass is 9.76. The van der Waals surface area contributed by atoms with Gasteiger partial charge in [-0.1, -0.05) is 6.07 Å². The van der Waals surface area contributed by atoms with Crippen molar-refractivity contribution < 1.29 is 49.5 Å². The maximum absolute atomic E-state index is 14.2. The number of piperidine rings is 2. The number of rotatable bonds is 10. The standard InChI is InChI=1S/C35H43F6N7O5S/c1-33-11-15-46(54(2,52)53)21-28(33)31(44-48(33)20-26(49)19-45-13-9-25(10-14-45)47-12-3-4-30(47)50)22-5-7-27(34(36,37)38)24(16-22)18-43-32(51)23-6-8-29(42-17-23)35(39,40)41/h5-8,16-17,25-26,28,49H,3-4,9-15,18-21H2,1-2H3,(H,43,51). The van der Waals surface area contributed by atoms with Gasteiger partial charge in [-0.25, -0.2) is 12.7 Å². The van der Waals surface area contributed by atoms with Crippen molar-refractivity contribution in [3.05, 3.63) is 64.5 Å². The Morgan fingerprint density at radius 2 is 1.76 bits per heavy atom. The van der Waals surface area contributed by atoms with Gasteiger partial charge in [-0.15, -0.1) is 0 Å². The van der Waals surface area contributed by atoms with Crippen LogP contribution in [0.25, 0.3) is 0 Å². The molecule has 19 heteroatoms. The molecule has 12 nitrogen and oxygen atoms in total. The first-order valence-corrected chi connectivity index (χ1v) is 19.6. The number of carbonyl (C=O) groups is 2. The molecule has 5 heterocycles. The predicted octanol–water partition coefficient (Wildman–Crippen LogP) is 3.56. The van der Waals surface area contributed by atoms with E-state index in [0.717, 1.165) is 44.2 Å². The smallest absolute Gasteiger partial charge is 0.390 e. The molecule has 0 aliphatic carbocycles. The Morgan fingerprint density at radius 3 is 2.35 bits per heavy atom. The molecule has 0 radical (unpaired) electrons. The van der Waals surface area contributed by atoms with Gasteiger partial charge < -0.3 is 20.2 Å². The second-order valence-electron chi connectivity index (χ2n) is 14.7. The molecule has 2 N–H and O–H groups in total. The van der Waals surface area contributed by atoms with Crippen molar-refractivity contribution in [2.75, 3.05) is 52.1 Å². The first-order valence-electron chi connectivity index (χ1n) is 17.8. The van der Waals surface area contributed by atoms with Crippen LogP contribution in [0.15, 0.2) is 41.6 Å². The van der Waals surface area contributed by atoms with Crippen LogP contribution in [0.3, 0.4) is 0 Å². The number of hydrazone groups is 1. The molecule has 6 rings (SSSR count). The van der Waals surface area contributed by atoms with E-state index in [1.54, 1.807) is 5.01 Å². The minimum Gasteiger partial charge on any atom is -0.390 e. The van der Waals surface area contributed by atoms with Crippen LogP contribution >= 0.6 is 0 Å². The van der Waals surface area contributed by atoms with Gasteiger partial charge in [0.1, 0.15) is 5.69 Å². The zero-order chi connectivity index (χ0) is 39.2. The predicted molar refractivity (Wildman–Crippen MR) is 184 cm³/mol. The molecular formula is C35H43F6N7O5S. The number of β-amino-alcohol motifs (C(OH)–C–C–N with tert-alkyl or cyclic N) is 1. The Kier molecular flexibility index (Phi) is 11.1. The molecule has 0 saturated carbocycles. The normalized spacial score (nSPS) is 24.1. The Balaban J connectivity index is 1.22. The molecule has 4 aliphatic rings. The molecule has 0 spiro atoms. The molecule has 4 aliphatic heterocycles. The lowest BCUT2D eigenvalue weighted by Crippen LogP contribution is -2.58. The SMILES string of the molecule is CC12CCN(S(C)(=O)=O)CC1C(c1ccc(C(F)(F)F)c(CNC(=O)c3ccc(C(F)(F)F)nc3)c1)=NN2CC(O)CN1CCC(N2CCCC2=O)CC1. The van der Waals surface area contributed by atoms with Crippen LogP contribution in [-0.4, -0.2) is 125 Å². The van der Waals surface area contributed by atoms with Gasteiger partial charge in [-0.05, 0) is 68.0 Å². The number of pyridine rings is 1. The Hall–Kier alpha value is -3.81. The Morgan fingerprint density at radius 1 is 1.04 bits per heavy atom. The highest BCUT2D eigenvalue weighted by molar-refractivity contribution is 7.88. The van der Waals surface area contributed by atoms with Crippen molar-refractivity contribution in [3.63, 3.8) is 0 Å². The average Bonchev–Trinajstić information content (AvgIpc) is 3.65. The van der Waals surface area contributed by atoms with Crippen LogP contribution in [0.5, 0.6) is 0 Å². The highest BCUT2D eigenvalue weighted by Crippen LogP contribution is 2.43. The zero-order valence-electron chi connectivity index (χ0n) is 29.8. The van der Waals surface area contributed by atoms with Crippen molar-refractivity contribution in [1.82, 2.24) is 29.4 Å². The number of hydrogen-bond donors (Lipinski definition) is 2. The second kappa shape index (κ2) is 15.0. The number of nitrogens with zero attached hydrogens (tertiary/aromatic N) is 6. The van der Waals surface area contributed by atoms with E-state index in [-0.39, 0.29) is 48.3 Å². The number of hydrogen-bond acceptors (Lipinski definition) is 9. The molecule has 54 heavy (non-hydrogen) atoms. The lowest BCUT2D eigenvalue weighted by molar-refractivity contribution is -0.141. The minimum atomic E-state index is -4.83. The van der Waals surface area contributed by atoms with Gasteiger partial charge in [0.2, 0.25) is 15.9 Å². The molecule has 3 fully saturated rings. The number of likely N-dealkylation sites (tertiary alicyclic amines) is 2. The summed E-state index contributed by atoms with van der Waals surface area (Å²) < 4.78 is 108. The fourth-order valence-corrected chi connectivity index (χ4v) is 8.85. The Bertz CT molecular complexity index is 1870. The van der Waals surface area contributed by atoms with Crippen LogP contribution in [0, 0.1) is 5.92 Å². The van der Waals surface area contributed by atoms with E-state index < -0.39 is 63.6 Å². The lowest BCUT2D eigenvalue weighted by Gasteiger charge is -2.46. The van der Waals surface area contributed by atoms with E-state index in [4.69, 9.17) is 5.10 Å². The molecule has 3 atom stereocenters. The largest absolute Gasteiger partial charge is 0.433 e. The maximum atomic E-state index is 14.2. The molecule has 3 saturated heterocycles. The number of carbonyl (C=O) groups excluding carboxylic acids is 2. The third-order valence-electron chi connectivity index (χ3n) is 11.0. The molecule has 2 aromatic rings. The monoisotopic (exact) mass is 787 g/mol.